The number of ether oxygens (including phenoxy) is 2. The van der Waals surface area contributed by atoms with Crippen LogP contribution in [0.3, 0.4) is 0 Å². The van der Waals surface area contributed by atoms with Crippen molar-refractivity contribution in [2.75, 3.05) is 26.9 Å². The molecule has 3 nitrogen and oxygen atoms in total. The lowest BCUT2D eigenvalue weighted by molar-refractivity contribution is -0.125. The van der Waals surface area contributed by atoms with Gasteiger partial charge >= 0.3 is 0 Å². The Bertz CT molecular complexity index is 122. The summed E-state index contributed by atoms with van der Waals surface area (Å²) < 4.78 is 10.1. The largest absolute Gasteiger partial charge is 0.384 e. The molecule has 1 rings (SSSR count). The number of rotatable bonds is 3. The fraction of sp³-hybridized carbons (Fsp3) is 0.875. The monoisotopic (exact) mass is 158 g/mol. The van der Waals surface area contributed by atoms with Crippen LogP contribution in [0.1, 0.15) is 12.8 Å². The van der Waals surface area contributed by atoms with Gasteiger partial charge in [-0.05, 0) is 12.8 Å². The van der Waals surface area contributed by atoms with Gasteiger partial charge in [-0.15, -0.1) is 0 Å². The van der Waals surface area contributed by atoms with E-state index in [2.05, 4.69) is 0 Å². The maximum absolute atomic E-state index is 10.7. The molecule has 0 amide bonds. The molecule has 0 aromatic carbocycles. The van der Waals surface area contributed by atoms with E-state index >= 15 is 0 Å². The van der Waals surface area contributed by atoms with Gasteiger partial charge in [-0.3, -0.25) is 0 Å². The summed E-state index contributed by atoms with van der Waals surface area (Å²) in [4.78, 5) is 10.7. The highest BCUT2D eigenvalue weighted by Crippen LogP contribution is 2.27. The highest BCUT2D eigenvalue weighted by atomic mass is 16.5. The highest BCUT2D eigenvalue weighted by Gasteiger charge is 2.31. The number of hydrogen-bond donors (Lipinski definition) is 0. The first-order chi connectivity index (χ1) is 5.33. The van der Waals surface area contributed by atoms with Gasteiger partial charge < -0.3 is 14.3 Å². The second kappa shape index (κ2) is 3.83. The lowest BCUT2D eigenvalue weighted by Crippen LogP contribution is -2.35. The maximum Gasteiger partial charge on any atom is 0.128 e. The van der Waals surface area contributed by atoms with Crippen LogP contribution < -0.4 is 0 Å². The molecule has 0 N–H and O–H groups in total. The molecule has 0 aromatic heterocycles. The van der Waals surface area contributed by atoms with Gasteiger partial charge in [-0.25, -0.2) is 0 Å². The SMILES string of the molecule is COCC1(C=O)CCOCC1. The molecule has 11 heavy (non-hydrogen) atoms. The van der Waals surface area contributed by atoms with Gasteiger partial charge in [0.05, 0.1) is 12.0 Å². The van der Waals surface area contributed by atoms with Crippen LogP contribution in [-0.2, 0) is 14.3 Å². The molecular formula is C8H14O3. The Labute approximate surface area is 66.7 Å². The molecule has 1 aliphatic heterocycles. The minimum Gasteiger partial charge on any atom is -0.384 e. The summed E-state index contributed by atoms with van der Waals surface area (Å²) in [6.07, 6.45) is 2.60. The Morgan fingerprint density at radius 2 is 2.18 bits per heavy atom. The summed E-state index contributed by atoms with van der Waals surface area (Å²) in [6, 6.07) is 0. The standard InChI is InChI=1S/C8H14O3/c1-10-7-8(6-9)2-4-11-5-3-8/h6H,2-5,7H2,1H3. The third-order valence-electron chi connectivity index (χ3n) is 2.17. The fourth-order valence-corrected chi connectivity index (χ4v) is 1.36. The Kier molecular flexibility index (Phi) is 3.02. The summed E-state index contributed by atoms with van der Waals surface area (Å²) in [5.41, 5.74) is -0.257. The predicted octanol–water partition coefficient (Wildman–Crippen LogP) is 0.629. The van der Waals surface area contributed by atoms with Gasteiger partial charge in [0.1, 0.15) is 6.29 Å². The number of carbonyl (C=O) groups excluding carboxylic acids is 1. The summed E-state index contributed by atoms with van der Waals surface area (Å²) >= 11 is 0. The van der Waals surface area contributed by atoms with Crippen LogP contribution in [0.15, 0.2) is 0 Å². The smallest absolute Gasteiger partial charge is 0.128 e. The van der Waals surface area contributed by atoms with E-state index in [4.69, 9.17) is 9.47 Å². The average Bonchev–Trinajstić information content (AvgIpc) is 2.07. The van der Waals surface area contributed by atoms with Gasteiger partial charge in [0.25, 0.3) is 0 Å². The normalized spacial score (nSPS) is 23.0. The molecule has 0 radical (unpaired) electrons. The molecule has 0 aliphatic carbocycles. The molecule has 1 aliphatic rings. The fourth-order valence-electron chi connectivity index (χ4n) is 1.36. The van der Waals surface area contributed by atoms with E-state index in [-0.39, 0.29) is 5.41 Å². The molecule has 0 aromatic rings. The molecule has 0 bridgehead atoms. The van der Waals surface area contributed by atoms with Gasteiger partial charge in [0.2, 0.25) is 0 Å². The number of aldehydes is 1. The summed E-state index contributed by atoms with van der Waals surface area (Å²) in [6.45, 7) is 1.89. The second-order valence-corrected chi connectivity index (χ2v) is 3.03. The average molecular weight is 158 g/mol. The van der Waals surface area contributed by atoms with Crippen molar-refractivity contribution in [1.29, 1.82) is 0 Å². The van der Waals surface area contributed by atoms with Crippen LogP contribution >= 0.6 is 0 Å². The van der Waals surface area contributed by atoms with Crippen molar-refractivity contribution < 1.29 is 14.3 Å². The van der Waals surface area contributed by atoms with E-state index in [9.17, 15) is 4.79 Å². The first-order valence-corrected chi connectivity index (χ1v) is 3.86. The van der Waals surface area contributed by atoms with Crippen molar-refractivity contribution in [2.24, 2.45) is 5.41 Å². The number of hydrogen-bond acceptors (Lipinski definition) is 3. The van der Waals surface area contributed by atoms with E-state index in [1.165, 1.54) is 0 Å². The van der Waals surface area contributed by atoms with Crippen molar-refractivity contribution in [1.82, 2.24) is 0 Å². The van der Waals surface area contributed by atoms with E-state index in [1.807, 2.05) is 0 Å². The van der Waals surface area contributed by atoms with Crippen LogP contribution in [0.25, 0.3) is 0 Å². The van der Waals surface area contributed by atoms with Crippen LogP contribution in [0.2, 0.25) is 0 Å². The number of methoxy groups -OCH3 is 1. The molecule has 0 saturated carbocycles. The number of carbonyl (C=O) groups is 1. The zero-order valence-corrected chi connectivity index (χ0v) is 6.84. The van der Waals surface area contributed by atoms with Crippen molar-refractivity contribution in [2.45, 2.75) is 12.8 Å². The molecule has 0 atom stereocenters. The van der Waals surface area contributed by atoms with Crippen LogP contribution in [-0.4, -0.2) is 33.2 Å². The minimum atomic E-state index is -0.257. The van der Waals surface area contributed by atoms with Gasteiger partial charge in [-0.1, -0.05) is 0 Å². The van der Waals surface area contributed by atoms with Gasteiger partial charge in [0, 0.05) is 20.3 Å². The van der Waals surface area contributed by atoms with E-state index in [1.54, 1.807) is 7.11 Å². The Morgan fingerprint density at radius 3 is 2.64 bits per heavy atom. The molecule has 1 heterocycles. The van der Waals surface area contributed by atoms with Gasteiger partial charge in [-0.2, -0.15) is 0 Å². The van der Waals surface area contributed by atoms with Crippen LogP contribution in [0.4, 0.5) is 0 Å². The Morgan fingerprint density at radius 1 is 1.55 bits per heavy atom. The van der Waals surface area contributed by atoms with Crippen LogP contribution in [0.5, 0.6) is 0 Å². The van der Waals surface area contributed by atoms with Crippen molar-refractivity contribution in [3.8, 4) is 0 Å². The topological polar surface area (TPSA) is 35.5 Å². The lowest BCUT2D eigenvalue weighted by atomic mass is 9.83. The van der Waals surface area contributed by atoms with Crippen LogP contribution in [0, 0.1) is 5.41 Å². The predicted molar refractivity (Wildman–Crippen MR) is 40.4 cm³/mol. The van der Waals surface area contributed by atoms with E-state index < -0.39 is 0 Å². The molecule has 0 unspecified atom stereocenters. The highest BCUT2D eigenvalue weighted by molar-refractivity contribution is 5.59. The molecular weight excluding hydrogens is 144 g/mol. The second-order valence-electron chi connectivity index (χ2n) is 3.03. The maximum atomic E-state index is 10.7. The van der Waals surface area contributed by atoms with Crippen molar-refractivity contribution in [3.63, 3.8) is 0 Å². The van der Waals surface area contributed by atoms with Crippen molar-refractivity contribution >= 4 is 6.29 Å². The summed E-state index contributed by atoms with van der Waals surface area (Å²) in [5, 5.41) is 0. The Balaban J connectivity index is 2.49. The molecule has 1 fully saturated rings. The lowest BCUT2D eigenvalue weighted by Gasteiger charge is -2.30. The molecule has 64 valence electrons. The van der Waals surface area contributed by atoms with Gasteiger partial charge in [0.15, 0.2) is 0 Å². The zero-order valence-electron chi connectivity index (χ0n) is 6.84. The van der Waals surface area contributed by atoms with E-state index in [0.717, 1.165) is 19.1 Å². The first-order valence-electron chi connectivity index (χ1n) is 3.86. The Hall–Kier alpha value is -0.410. The summed E-state index contributed by atoms with van der Waals surface area (Å²) in [5.74, 6) is 0. The molecule has 3 heteroatoms. The quantitative estimate of drug-likeness (QED) is 0.565. The summed E-state index contributed by atoms with van der Waals surface area (Å²) in [7, 11) is 1.63. The third kappa shape index (κ3) is 2.01. The van der Waals surface area contributed by atoms with Crippen molar-refractivity contribution in [3.05, 3.63) is 0 Å². The minimum absolute atomic E-state index is 0.257. The zero-order chi connectivity index (χ0) is 8.16. The molecule has 1 saturated heterocycles. The third-order valence-corrected chi connectivity index (χ3v) is 2.17. The molecule has 0 spiro atoms. The van der Waals surface area contributed by atoms with E-state index in [0.29, 0.717) is 19.8 Å². The first kappa shape index (κ1) is 8.68.